The monoisotopic (exact) mass is 370 g/mol. The number of benzene rings is 2. The molecule has 138 valence electrons. The van der Waals surface area contributed by atoms with Crippen molar-refractivity contribution in [2.75, 3.05) is 6.61 Å². The van der Waals surface area contributed by atoms with E-state index in [1.807, 2.05) is 59.1 Å². The molecule has 4 rings (SSSR count). The Kier molecular flexibility index (Phi) is 4.69. The van der Waals surface area contributed by atoms with Gasteiger partial charge in [0.25, 0.3) is 0 Å². The zero-order valence-corrected chi connectivity index (χ0v) is 15.4. The average molecular weight is 370 g/mol. The first-order valence-electron chi connectivity index (χ1n) is 9.03. The second kappa shape index (κ2) is 7.45. The number of carbonyl (C=O) groups is 1. The lowest BCUT2D eigenvalue weighted by Gasteiger charge is -2.07. The summed E-state index contributed by atoms with van der Waals surface area (Å²) in [4.78, 5) is 12.5. The Morgan fingerprint density at radius 2 is 1.89 bits per heavy atom. The van der Waals surface area contributed by atoms with Crippen LogP contribution in [0.1, 0.15) is 28.4 Å². The minimum absolute atomic E-state index is 0.326. The van der Waals surface area contributed by atoms with Crippen molar-refractivity contribution in [1.82, 2.24) is 4.40 Å². The van der Waals surface area contributed by atoms with Gasteiger partial charge in [0, 0.05) is 17.6 Å². The predicted molar refractivity (Wildman–Crippen MR) is 106 cm³/mol. The van der Waals surface area contributed by atoms with Crippen LogP contribution in [0, 0.1) is 11.3 Å². The van der Waals surface area contributed by atoms with Crippen molar-refractivity contribution < 1.29 is 14.3 Å². The maximum absolute atomic E-state index is 12.5. The zero-order valence-electron chi connectivity index (χ0n) is 15.4. The third kappa shape index (κ3) is 3.17. The lowest BCUT2D eigenvalue weighted by atomic mass is 10.1. The summed E-state index contributed by atoms with van der Waals surface area (Å²) in [6.45, 7) is 2.52. The Balaban J connectivity index is 1.69. The predicted octanol–water partition coefficient (Wildman–Crippen LogP) is 4.72. The number of esters is 1. The van der Waals surface area contributed by atoms with Gasteiger partial charge in [-0.1, -0.05) is 18.2 Å². The molecule has 0 aliphatic carbocycles. The summed E-state index contributed by atoms with van der Waals surface area (Å²) in [6.07, 6.45) is 1.92. The molecule has 0 N–H and O–H groups in total. The van der Waals surface area contributed by atoms with E-state index >= 15 is 0 Å². The molecule has 5 heteroatoms. The summed E-state index contributed by atoms with van der Waals surface area (Å²) < 4.78 is 13.1. The largest absolute Gasteiger partial charge is 0.489 e. The lowest BCUT2D eigenvalue weighted by molar-refractivity contribution is 0.0531. The molecule has 0 bridgehead atoms. The molecule has 5 nitrogen and oxygen atoms in total. The van der Waals surface area contributed by atoms with Crippen molar-refractivity contribution in [3.63, 3.8) is 0 Å². The van der Waals surface area contributed by atoms with E-state index < -0.39 is 0 Å². The third-order valence-electron chi connectivity index (χ3n) is 4.58. The van der Waals surface area contributed by atoms with Gasteiger partial charge < -0.3 is 13.9 Å². The summed E-state index contributed by atoms with van der Waals surface area (Å²) in [7, 11) is 0. The van der Waals surface area contributed by atoms with Gasteiger partial charge in [0.1, 0.15) is 12.4 Å². The van der Waals surface area contributed by atoms with E-state index in [9.17, 15) is 4.79 Å². The number of hydrogen-bond donors (Lipinski definition) is 0. The van der Waals surface area contributed by atoms with Crippen molar-refractivity contribution in [2.24, 2.45) is 0 Å². The van der Waals surface area contributed by atoms with E-state index in [0.29, 0.717) is 30.1 Å². The van der Waals surface area contributed by atoms with Crippen LogP contribution in [0.4, 0.5) is 0 Å². The molecule has 2 heterocycles. The minimum atomic E-state index is -0.326. The number of ether oxygens (including phenoxy) is 2. The first-order valence-corrected chi connectivity index (χ1v) is 9.03. The van der Waals surface area contributed by atoms with Crippen molar-refractivity contribution in [2.45, 2.75) is 13.5 Å². The average Bonchev–Trinajstić information content (AvgIpc) is 3.06. The van der Waals surface area contributed by atoms with Gasteiger partial charge in [0.15, 0.2) is 0 Å². The van der Waals surface area contributed by atoms with E-state index in [4.69, 9.17) is 14.7 Å². The third-order valence-corrected chi connectivity index (χ3v) is 4.58. The molecular formula is C23H18N2O3. The summed E-state index contributed by atoms with van der Waals surface area (Å²) in [5.74, 6) is 0.378. The first kappa shape index (κ1) is 17.6. The molecule has 28 heavy (non-hydrogen) atoms. The second-order valence-corrected chi connectivity index (χ2v) is 6.33. The molecule has 0 aliphatic rings. The van der Waals surface area contributed by atoms with Gasteiger partial charge >= 0.3 is 5.97 Å². The standard InChI is InChI=1S/C23H18N2O3/c1-2-27-23(26)22-19-11-10-18(13-21(19)25-12-4-3-5-20(22)25)28-15-17-8-6-16(14-24)7-9-17/h3-13H,2,15H2,1H3. The molecule has 2 aromatic heterocycles. The zero-order chi connectivity index (χ0) is 19.5. The number of nitrogens with zero attached hydrogens (tertiary/aromatic N) is 2. The number of rotatable bonds is 5. The van der Waals surface area contributed by atoms with Gasteiger partial charge in [-0.25, -0.2) is 4.79 Å². The van der Waals surface area contributed by atoms with Crippen molar-refractivity contribution in [3.05, 3.63) is 83.6 Å². The number of hydrogen-bond acceptors (Lipinski definition) is 4. The van der Waals surface area contributed by atoms with Crippen molar-refractivity contribution in [1.29, 1.82) is 5.26 Å². The van der Waals surface area contributed by atoms with E-state index in [1.165, 1.54) is 0 Å². The van der Waals surface area contributed by atoms with Crippen LogP contribution in [0.15, 0.2) is 66.9 Å². The highest BCUT2D eigenvalue weighted by atomic mass is 16.5. The minimum Gasteiger partial charge on any atom is -0.489 e. The molecule has 0 unspecified atom stereocenters. The van der Waals surface area contributed by atoms with Crippen LogP contribution >= 0.6 is 0 Å². The van der Waals surface area contributed by atoms with Crippen LogP contribution in [-0.2, 0) is 11.3 Å². The van der Waals surface area contributed by atoms with E-state index in [1.54, 1.807) is 19.1 Å². The van der Waals surface area contributed by atoms with Gasteiger partial charge in [0.05, 0.1) is 34.8 Å². The molecule has 0 saturated carbocycles. The van der Waals surface area contributed by atoms with Crippen LogP contribution in [-0.4, -0.2) is 17.0 Å². The quantitative estimate of drug-likeness (QED) is 0.477. The van der Waals surface area contributed by atoms with E-state index in [-0.39, 0.29) is 5.97 Å². The number of nitriles is 1. The highest BCUT2D eigenvalue weighted by Gasteiger charge is 2.19. The van der Waals surface area contributed by atoms with E-state index in [0.717, 1.165) is 22.0 Å². The molecule has 0 spiro atoms. The first-order chi connectivity index (χ1) is 13.7. The fourth-order valence-electron chi connectivity index (χ4n) is 3.27. The molecule has 4 aromatic rings. The summed E-state index contributed by atoms with van der Waals surface area (Å²) >= 11 is 0. The molecule has 0 aliphatic heterocycles. The Bertz CT molecular complexity index is 1200. The normalized spacial score (nSPS) is 10.7. The molecule has 0 atom stereocenters. The maximum Gasteiger partial charge on any atom is 0.340 e. The molecule has 0 saturated heterocycles. The summed E-state index contributed by atoms with van der Waals surface area (Å²) in [5.41, 5.74) is 3.86. The van der Waals surface area contributed by atoms with Crippen LogP contribution in [0.25, 0.3) is 16.4 Å². The molecular weight excluding hydrogens is 352 g/mol. The van der Waals surface area contributed by atoms with Gasteiger partial charge in [-0.05, 0) is 48.9 Å². The summed E-state index contributed by atoms with van der Waals surface area (Å²) in [5, 5.41) is 9.71. The van der Waals surface area contributed by atoms with Crippen molar-refractivity contribution in [3.8, 4) is 11.8 Å². The highest BCUT2D eigenvalue weighted by Crippen LogP contribution is 2.30. The Morgan fingerprint density at radius 1 is 1.07 bits per heavy atom. The SMILES string of the molecule is CCOC(=O)c1c2ccc(OCc3ccc(C#N)cc3)cc2n2ccccc12. The fraction of sp³-hybridized carbons (Fsp3) is 0.130. The Hall–Kier alpha value is -3.78. The Labute approximate surface area is 162 Å². The number of aromatic nitrogens is 1. The maximum atomic E-state index is 12.5. The second-order valence-electron chi connectivity index (χ2n) is 6.33. The Morgan fingerprint density at radius 3 is 2.64 bits per heavy atom. The smallest absolute Gasteiger partial charge is 0.340 e. The van der Waals surface area contributed by atoms with Gasteiger partial charge in [-0.2, -0.15) is 5.26 Å². The van der Waals surface area contributed by atoms with Crippen LogP contribution in [0.5, 0.6) is 5.75 Å². The van der Waals surface area contributed by atoms with Gasteiger partial charge in [-0.3, -0.25) is 0 Å². The molecule has 0 radical (unpaired) electrons. The fourth-order valence-corrected chi connectivity index (χ4v) is 3.27. The van der Waals surface area contributed by atoms with Crippen LogP contribution in [0.3, 0.4) is 0 Å². The van der Waals surface area contributed by atoms with Gasteiger partial charge in [-0.15, -0.1) is 0 Å². The summed E-state index contributed by atoms with van der Waals surface area (Å²) in [6, 6.07) is 20.8. The number of carbonyl (C=O) groups excluding carboxylic acids is 1. The molecule has 0 amide bonds. The number of pyridine rings is 1. The van der Waals surface area contributed by atoms with Crippen LogP contribution in [0.2, 0.25) is 0 Å². The van der Waals surface area contributed by atoms with E-state index in [2.05, 4.69) is 6.07 Å². The van der Waals surface area contributed by atoms with Gasteiger partial charge in [0.2, 0.25) is 0 Å². The topological polar surface area (TPSA) is 63.7 Å². The molecule has 2 aromatic carbocycles. The molecule has 0 fully saturated rings. The number of fused-ring (bicyclic) bond motifs is 3. The van der Waals surface area contributed by atoms with Crippen molar-refractivity contribution >= 4 is 22.4 Å². The van der Waals surface area contributed by atoms with Crippen LogP contribution < -0.4 is 4.74 Å². The highest BCUT2D eigenvalue weighted by molar-refractivity contribution is 6.11. The lowest BCUT2D eigenvalue weighted by Crippen LogP contribution is -2.04.